The third-order valence-corrected chi connectivity index (χ3v) is 6.64. The summed E-state index contributed by atoms with van der Waals surface area (Å²) in [5.41, 5.74) is 0.985. The molecule has 2 aromatic carbocycles. The van der Waals surface area contributed by atoms with Crippen molar-refractivity contribution in [3.8, 4) is 0 Å². The Morgan fingerprint density at radius 1 is 1.03 bits per heavy atom. The Balaban J connectivity index is 1.85. The lowest BCUT2D eigenvalue weighted by Gasteiger charge is -2.31. The number of benzene rings is 2. The van der Waals surface area contributed by atoms with Crippen LogP contribution in [0.25, 0.3) is 0 Å². The summed E-state index contributed by atoms with van der Waals surface area (Å²) in [6, 6.07) is 10.5. The molecule has 30 heavy (non-hydrogen) atoms. The van der Waals surface area contributed by atoms with E-state index < -0.39 is 14.9 Å². The summed E-state index contributed by atoms with van der Waals surface area (Å²) >= 11 is 0. The maximum absolute atomic E-state index is 12.9. The lowest BCUT2D eigenvalue weighted by atomic mass is 10.2. The monoisotopic (exact) mass is 433 g/mol. The maximum atomic E-state index is 12.9. The molecule has 0 unspecified atom stereocenters. The number of piperazine rings is 1. The predicted molar refractivity (Wildman–Crippen MR) is 113 cm³/mol. The Morgan fingerprint density at radius 2 is 1.63 bits per heavy atom. The van der Waals surface area contributed by atoms with E-state index in [9.17, 15) is 23.3 Å². The molecule has 2 aromatic rings. The van der Waals surface area contributed by atoms with Crippen molar-refractivity contribution in [3.05, 3.63) is 52.6 Å². The van der Waals surface area contributed by atoms with Gasteiger partial charge in [-0.3, -0.25) is 14.9 Å². The molecule has 1 fully saturated rings. The van der Waals surface area contributed by atoms with Crippen LogP contribution < -0.4 is 10.6 Å². The van der Waals surface area contributed by atoms with Gasteiger partial charge in [-0.25, -0.2) is 8.42 Å². The van der Waals surface area contributed by atoms with E-state index in [1.807, 2.05) is 11.9 Å². The SMILES string of the molecule is CC(=O)Nc1ccc(Nc2ccc(S(=O)(=O)N3CCN(C)CC3)cc2[N+](=O)[O-])cc1. The number of hydrogen-bond acceptors (Lipinski definition) is 7. The molecule has 1 saturated heterocycles. The summed E-state index contributed by atoms with van der Waals surface area (Å²) in [5.74, 6) is -0.205. The summed E-state index contributed by atoms with van der Waals surface area (Å²) in [6.45, 7) is 3.29. The van der Waals surface area contributed by atoms with Gasteiger partial charge in [-0.2, -0.15) is 4.31 Å². The van der Waals surface area contributed by atoms with Crippen molar-refractivity contribution in [2.45, 2.75) is 11.8 Å². The Kier molecular flexibility index (Phi) is 6.34. The molecule has 0 atom stereocenters. The number of nitrogens with zero attached hydrogens (tertiary/aromatic N) is 3. The third-order valence-electron chi connectivity index (χ3n) is 4.75. The van der Waals surface area contributed by atoms with E-state index in [-0.39, 0.29) is 22.2 Å². The van der Waals surface area contributed by atoms with E-state index in [0.717, 1.165) is 6.07 Å². The molecule has 0 spiro atoms. The van der Waals surface area contributed by atoms with Crippen LogP contribution in [-0.4, -0.2) is 61.7 Å². The minimum atomic E-state index is -3.81. The number of likely N-dealkylation sites (N-methyl/N-ethyl adjacent to an activating group) is 1. The summed E-state index contributed by atoms with van der Waals surface area (Å²) in [4.78, 5) is 24.0. The summed E-state index contributed by atoms with van der Waals surface area (Å²) in [6.07, 6.45) is 0. The highest BCUT2D eigenvalue weighted by Gasteiger charge is 2.29. The number of sulfonamides is 1. The van der Waals surface area contributed by atoms with Crippen LogP contribution in [0.15, 0.2) is 47.4 Å². The lowest BCUT2D eigenvalue weighted by Crippen LogP contribution is -2.47. The molecule has 0 radical (unpaired) electrons. The molecule has 1 aliphatic rings. The molecule has 0 bridgehead atoms. The number of anilines is 3. The van der Waals surface area contributed by atoms with Gasteiger partial charge in [-0.05, 0) is 43.4 Å². The zero-order valence-electron chi connectivity index (χ0n) is 16.7. The summed E-state index contributed by atoms with van der Waals surface area (Å²) < 4.78 is 27.1. The highest BCUT2D eigenvalue weighted by Crippen LogP contribution is 2.31. The number of carbonyl (C=O) groups excluding carboxylic acids is 1. The van der Waals surface area contributed by atoms with E-state index in [0.29, 0.717) is 37.6 Å². The third kappa shape index (κ3) is 4.93. The van der Waals surface area contributed by atoms with Crippen molar-refractivity contribution >= 4 is 38.7 Å². The van der Waals surface area contributed by atoms with Crippen LogP contribution in [0.1, 0.15) is 6.92 Å². The van der Waals surface area contributed by atoms with E-state index >= 15 is 0 Å². The van der Waals surface area contributed by atoms with Crippen molar-refractivity contribution in [1.82, 2.24) is 9.21 Å². The molecule has 3 rings (SSSR count). The zero-order chi connectivity index (χ0) is 21.9. The number of nitrogens with one attached hydrogen (secondary N) is 2. The van der Waals surface area contributed by atoms with Crippen molar-refractivity contribution in [1.29, 1.82) is 0 Å². The molecular formula is C19H23N5O5S. The number of nitro groups is 1. The molecule has 1 aliphatic heterocycles. The average molecular weight is 433 g/mol. The number of amides is 1. The first kappa shape index (κ1) is 21.7. The molecule has 11 heteroatoms. The van der Waals surface area contributed by atoms with Crippen LogP contribution in [0.5, 0.6) is 0 Å². The fourth-order valence-electron chi connectivity index (χ4n) is 3.10. The Morgan fingerprint density at radius 3 is 2.20 bits per heavy atom. The Bertz CT molecular complexity index is 1050. The van der Waals surface area contributed by atoms with Gasteiger partial charge >= 0.3 is 0 Å². The van der Waals surface area contributed by atoms with Crippen molar-refractivity contribution in [2.24, 2.45) is 0 Å². The van der Waals surface area contributed by atoms with E-state index in [1.54, 1.807) is 24.3 Å². The first-order valence-corrected chi connectivity index (χ1v) is 10.7. The average Bonchev–Trinajstić information content (AvgIpc) is 2.69. The molecule has 0 saturated carbocycles. The number of carbonyl (C=O) groups is 1. The molecule has 1 amide bonds. The second kappa shape index (κ2) is 8.78. The minimum Gasteiger partial charge on any atom is -0.350 e. The van der Waals surface area contributed by atoms with Gasteiger partial charge in [-0.15, -0.1) is 0 Å². The molecule has 10 nitrogen and oxygen atoms in total. The second-order valence-electron chi connectivity index (χ2n) is 7.03. The van der Waals surface area contributed by atoms with Crippen molar-refractivity contribution < 1.29 is 18.1 Å². The number of rotatable bonds is 6. The quantitative estimate of drug-likeness (QED) is 0.529. The van der Waals surface area contributed by atoms with Gasteiger partial charge in [-0.1, -0.05) is 0 Å². The zero-order valence-corrected chi connectivity index (χ0v) is 17.5. The fourth-order valence-corrected chi connectivity index (χ4v) is 4.54. The Hall–Kier alpha value is -3.02. The molecular weight excluding hydrogens is 410 g/mol. The smallest absolute Gasteiger partial charge is 0.294 e. The highest BCUT2D eigenvalue weighted by atomic mass is 32.2. The van der Waals surface area contributed by atoms with Gasteiger partial charge in [0.15, 0.2) is 0 Å². The predicted octanol–water partition coefficient (Wildman–Crippen LogP) is 2.23. The fraction of sp³-hybridized carbons (Fsp3) is 0.316. The van der Waals surface area contributed by atoms with Crippen LogP contribution in [-0.2, 0) is 14.8 Å². The molecule has 1 heterocycles. The van der Waals surface area contributed by atoms with Gasteiger partial charge in [0.25, 0.3) is 5.69 Å². The normalized spacial score (nSPS) is 15.5. The topological polar surface area (TPSA) is 125 Å². The van der Waals surface area contributed by atoms with Crippen molar-refractivity contribution in [3.63, 3.8) is 0 Å². The molecule has 0 aromatic heterocycles. The highest BCUT2D eigenvalue weighted by molar-refractivity contribution is 7.89. The van der Waals surface area contributed by atoms with Crippen LogP contribution in [0.4, 0.5) is 22.7 Å². The second-order valence-corrected chi connectivity index (χ2v) is 8.96. The molecule has 2 N–H and O–H groups in total. The van der Waals surface area contributed by atoms with E-state index in [1.165, 1.54) is 23.4 Å². The first-order valence-electron chi connectivity index (χ1n) is 9.28. The van der Waals surface area contributed by atoms with Gasteiger partial charge in [0.2, 0.25) is 15.9 Å². The van der Waals surface area contributed by atoms with Gasteiger partial charge in [0, 0.05) is 50.5 Å². The van der Waals surface area contributed by atoms with Gasteiger partial charge in [0.1, 0.15) is 5.69 Å². The van der Waals surface area contributed by atoms with Crippen LogP contribution in [0.2, 0.25) is 0 Å². The van der Waals surface area contributed by atoms with E-state index in [4.69, 9.17) is 0 Å². The largest absolute Gasteiger partial charge is 0.350 e. The standard InChI is InChI=1S/C19H23N5O5S/c1-14(25)20-15-3-5-16(6-4-15)21-18-8-7-17(13-19(18)24(26)27)30(28,29)23-11-9-22(2)10-12-23/h3-8,13,21H,9-12H2,1-2H3,(H,20,25). The maximum Gasteiger partial charge on any atom is 0.294 e. The first-order chi connectivity index (χ1) is 14.2. The van der Waals surface area contributed by atoms with E-state index in [2.05, 4.69) is 10.6 Å². The van der Waals surface area contributed by atoms with Gasteiger partial charge < -0.3 is 15.5 Å². The summed E-state index contributed by atoms with van der Waals surface area (Å²) in [5, 5.41) is 17.2. The lowest BCUT2D eigenvalue weighted by molar-refractivity contribution is -0.384. The minimum absolute atomic E-state index is 0.106. The Labute approximate surface area is 174 Å². The molecule has 160 valence electrons. The number of hydrogen-bond donors (Lipinski definition) is 2. The van der Waals surface area contributed by atoms with Crippen LogP contribution in [0, 0.1) is 10.1 Å². The molecule has 0 aliphatic carbocycles. The van der Waals surface area contributed by atoms with Crippen molar-refractivity contribution in [2.75, 3.05) is 43.9 Å². The van der Waals surface area contributed by atoms with Crippen LogP contribution in [0.3, 0.4) is 0 Å². The number of nitro benzene ring substituents is 1. The summed E-state index contributed by atoms with van der Waals surface area (Å²) in [7, 11) is -1.90. The van der Waals surface area contributed by atoms with Crippen LogP contribution >= 0.6 is 0 Å². The van der Waals surface area contributed by atoms with Gasteiger partial charge in [0.05, 0.1) is 9.82 Å².